The number of amides is 2. The third-order valence-corrected chi connectivity index (χ3v) is 3.60. The van der Waals surface area contributed by atoms with E-state index in [0.29, 0.717) is 23.5 Å². The highest BCUT2D eigenvalue weighted by atomic mass is 16.3. The first-order chi connectivity index (χ1) is 11.2. The molecule has 3 N–H and O–H groups in total. The lowest BCUT2D eigenvalue weighted by molar-refractivity contribution is -0.115. The number of nitrogens with one attached hydrogen (secondary N) is 3. The van der Waals surface area contributed by atoms with E-state index in [-0.39, 0.29) is 11.8 Å². The van der Waals surface area contributed by atoms with Crippen LogP contribution in [0.15, 0.2) is 47.3 Å². The Kier molecular flexibility index (Phi) is 4.73. The summed E-state index contributed by atoms with van der Waals surface area (Å²) in [5, 5.41) is 8.71. The second kappa shape index (κ2) is 7.11. The molecule has 6 heteroatoms. The smallest absolute Gasteiger partial charge is 0.258 e. The molecule has 23 heavy (non-hydrogen) atoms. The van der Waals surface area contributed by atoms with Crippen LogP contribution < -0.4 is 16.0 Å². The van der Waals surface area contributed by atoms with Crippen molar-refractivity contribution in [1.29, 1.82) is 0 Å². The van der Waals surface area contributed by atoms with Gasteiger partial charge in [-0.25, -0.2) is 0 Å². The maximum atomic E-state index is 12.0. The van der Waals surface area contributed by atoms with Gasteiger partial charge in [0.2, 0.25) is 5.91 Å². The highest BCUT2D eigenvalue weighted by molar-refractivity contribution is 6.04. The lowest BCUT2D eigenvalue weighted by Crippen LogP contribution is -2.29. The molecule has 0 saturated heterocycles. The Morgan fingerprint density at radius 2 is 1.91 bits per heavy atom. The summed E-state index contributed by atoms with van der Waals surface area (Å²) >= 11 is 0. The molecule has 0 atom stereocenters. The predicted molar refractivity (Wildman–Crippen MR) is 87.3 cm³/mol. The van der Waals surface area contributed by atoms with Gasteiger partial charge in [0.05, 0.1) is 18.4 Å². The van der Waals surface area contributed by atoms with Gasteiger partial charge in [-0.3, -0.25) is 9.59 Å². The van der Waals surface area contributed by atoms with Crippen LogP contribution in [0.5, 0.6) is 0 Å². The van der Waals surface area contributed by atoms with Crippen LogP contribution in [0.25, 0.3) is 0 Å². The molecule has 120 valence electrons. The predicted octanol–water partition coefficient (Wildman–Crippen LogP) is 2.47. The lowest BCUT2D eigenvalue weighted by atomic mass is 10.2. The number of hydrogen-bond acceptors (Lipinski definition) is 4. The highest BCUT2D eigenvalue weighted by Gasteiger charge is 2.20. The van der Waals surface area contributed by atoms with Crippen molar-refractivity contribution < 1.29 is 14.0 Å². The van der Waals surface area contributed by atoms with Crippen molar-refractivity contribution in [2.75, 3.05) is 23.7 Å². The first-order valence-electron chi connectivity index (χ1n) is 7.65. The van der Waals surface area contributed by atoms with Gasteiger partial charge in [-0.1, -0.05) is 6.07 Å². The molecule has 2 aromatic rings. The highest BCUT2D eigenvalue weighted by Crippen LogP contribution is 2.27. The van der Waals surface area contributed by atoms with E-state index in [4.69, 9.17) is 4.42 Å². The maximum Gasteiger partial charge on any atom is 0.258 e. The maximum absolute atomic E-state index is 12.0. The summed E-state index contributed by atoms with van der Waals surface area (Å²) in [6.45, 7) is 1.19. The third kappa shape index (κ3) is 4.69. The molecule has 1 heterocycles. The van der Waals surface area contributed by atoms with E-state index in [1.165, 1.54) is 25.4 Å². The minimum atomic E-state index is -0.256. The lowest BCUT2D eigenvalue weighted by Gasteiger charge is -2.09. The van der Waals surface area contributed by atoms with Crippen LogP contribution in [0.2, 0.25) is 0 Å². The molecule has 1 saturated carbocycles. The zero-order valence-corrected chi connectivity index (χ0v) is 12.7. The van der Waals surface area contributed by atoms with E-state index in [1.54, 1.807) is 30.3 Å². The Morgan fingerprint density at radius 1 is 1.13 bits per heavy atom. The Morgan fingerprint density at radius 3 is 2.61 bits per heavy atom. The second-order valence-electron chi connectivity index (χ2n) is 5.67. The third-order valence-electron chi connectivity index (χ3n) is 3.60. The Balaban J connectivity index is 1.51. The van der Waals surface area contributed by atoms with Crippen LogP contribution in [-0.2, 0) is 4.79 Å². The fourth-order valence-electron chi connectivity index (χ4n) is 2.19. The standard InChI is InChI=1S/C17H19N3O3/c21-16(10-18-9-12-4-5-12)19-14-2-1-3-15(8-14)20-17(22)13-6-7-23-11-13/h1-3,6-8,11-12,18H,4-5,9-10H2,(H,19,21)(H,20,22). The minimum Gasteiger partial charge on any atom is -0.472 e. The summed E-state index contributed by atoms with van der Waals surface area (Å²) in [5.41, 5.74) is 1.71. The summed E-state index contributed by atoms with van der Waals surface area (Å²) in [5.74, 6) is 0.390. The van der Waals surface area contributed by atoms with Crippen LogP contribution in [0.3, 0.4) is 0 Å². The largest absolute Gasteiger partial charge is 0.472 e. The van der Waals surface area contributed by atoms with E-state index in [1.807, 2.05) is 0 Å². The molecule has 1 aromatic heterocycles. The van der Waals surface area contributed by atoms with Gasteiger partial charge in [0.25, 0.3) is 5.91 Å². The zero-order chi connectivity index (χ0) is 16.1. The molecule has 0 spiro atoms. The van der Waals surface area contributed by atoms with Crippen molar-refractivity contribution in [2.45, 2.75) is 12.8 Å². The minimum absolute atomic E-state index is 0.0936. The molecular formula is C17H19N3O3. The monoisotopic (exact) mass is 313 g/mol. The SMILES string of the molecule is O=C(CNCC1CC1)Nc1cccc(NC(=O)c2ccoc2)c1. The molecule has 0 radical (unpaired) electrons. The number of carbonyl (C=O) groups is 2. The molecular weight excluding hydrogens is 294 g/mol. The van der Waals surface area contributed by atoms with Gasteiger partial charge in [-0.05, 0) is 49.6 Å². The summed E-state index contributed by atoms with van der Waals surface area (Å²) in [4.78, 5) is 23.8. The Bertz CT molecular complexity index is 678. The fourth-order valence-corrected chi connectivity index (χ4v) is 2.19. The second-order valence-corrected chi connectivity index (χ2v) is 5.67. The number of rotatable bonds is 7. The number of carbonyl (C=O) groups excluding carboxylic acids is 2. The Hall–Kier alpha value is -2.60. The van der Waals surface area contributed by atoms with Gasteiger partial charge in [0.15, 0.2) is 0 Å². The topological polar surface area (TPSA) is 83.4 Å². The van der Waals surface area contributed by atoms with Crippen molar-refractivity contribution in [2.24, 2.45) is 5.92 Å². The van der Waals surface area contributed by atoms with Gasteiger partial charge in [-0.15, -0.1) is 0 Å². The first kappa shape index (κ1) is 15.3. The molecule has 3 rings (SSSR count). The van der Waals surface area contributed by atoms with E-state index >= 15 is 0 Å². The molecule has 1 aliphatic rings. The van der Waals surface area contributed by atoms with Crippen LogP contribution in [-0.4, -0.2) is 24.9 Å². The molecule has 1 aliphatic carbocycles. The van der Waals surface area contributed by atoms with Gasteiger partial charge in [0.1, 0.15) is 6.26 Å². The first-order valence-corrected chi connectivity index (χ1v) is 7.65. The Labute approximate surface area is 134 Å². The summed E-state index contributed by atoms with van der Waals surface area (Å²) < 4.78 is 4.88. The van der Waals surface area contributed by atoms with Crippen molar-refractivity contribution in [3.8, 4) is 0 Å². The number of benzene rings is 1. The van der Waals surface area contributed by atoms with Gasteiger partial charge in [0, 0.05) is 11.4 Å². The van der Waals surface area contributed by atoms with Crippen LogP contribution in [0.1, 0.15) is 23.2 Å². The molecule has 6 nitrogen and oxygen atoms in total. The normalized spacial score (nSPS) is 13.6. The number of anilines is 2. The zero-order valence-electron chi connectivity index (χ0n) is 12.7. The van der Waals surface area contributed by atoms with Crippen LogP contribution >= 0.6 is 0 Å². The van der Waals surface area contributed by atoms with Gasteiger partial charge in [-0.2, -0.15) is 0 Å². The van der Waals surface area contributed by atoms with Crippen molar-refractivity contribution in [3.05, 3.63) is 48.4 Å². The molecule has 0 aliphatic heterocycles. The van der Waals surface area contributed by atoms with Gasteiger partial charge < -0.3 is 20.4 Å². The van der Waals surface area contributed by atoms with E-state index in [2.05, 4.69) is 16.0 Å². The summed E-state index contributed by atoms with van der Waals surface area (Å²) in [6, 6.07) is 8.63. The summed E-state index contributed by atoms with van der Waals surface area (Å²) in [6.07, 6.45) is 5.34. The van der Waals surface area contributed by atoms with Crippen LogP contribution in [0.4, 0.5) is 11.4 Å². The van der Waals surface area contributed by atoms with Crippen molar-refractivity contribution in [1.82, 2.24) is 5.32 Å². The number of hydrogen-bond donors (Lipinski definition) is 3. The molecule has 1 aromatic carbocycles. The molecule has 2 amide bonds. The molecule has 1 fully saturated rings. The number of furan rings is 1. The van der Waals surface area contributed by atoms with E-state index in [0.717, 1.165) is 12.5 Å². The van der Waals surface area contributed by atoms with E-state index in [9.17, 15) is 9.59 Å². The fraction of sp³-hybridized carbons (Fsp3) is 0.294. The van der Waals surface area contributed by atoms with Crippen molar-refractivity contribution >= 4 is 23.2 Å². The molecule has 0 bridgehead atoms. The average Bonchev–Trinajstić information content (AvgIpc) is 3.18. The van der Waals surface area contributed by atoms with Crippen molar-refractivity contribution in [3.63, 3.8) is 0 Å². The van der Waals surface area contributed by atoms with E-state index < -0.39 is 0 Å². The molecule has 0 unspecified atom stereocenters. The van der Waals surface area contributed by atoms with Crippen LogP contribution in [0, 0.1) is 5.92 Å². The quantitative estimate of drug-likeness (QED) is 0.733. The average molecular weight is 313 g/mol. The van der Waals surface area contributed by atoms with Gasteiger partial charge >= 0.3 is 0 Å². The summed E-state index contributed by atoms with van der Waals surface area (Å²) in [7, 11) is 0.